The van der Waals surface area contributed by atoms with Crippen molar-refractivity contribution in [1.29, 1.82) is 0 Å². The molecule has 3 rings (SSSR count). The lowest BCUT2D eigenvalue weighted by atomic mass is 10.1. The number of benzene rings is 2. The Hall–Kier alpha value is -2.07. The molecule has 1 N–H and O–H groups in total. The number of carbonyl (C=O) groups excluding carboxylic acids is 1. The van der Waals surface area contributed by atoms with Gasteiger partial charge in [0, 0.05) is 22.4 Å². The van der Waals surface area contributed by atoms with Gasteiger partial charge in [0.15, 0.2) is 0 Å². The Kier molecular flexibility index (Phi) is 3.56. The van der Waals surface area contributed by atoms with Crippen LogP contribution in [0, 0.1) is 0 Å². The van der Waals surface area contributed by atoms with Crippen molar-refractivity contribution in [2.75, 3.05) is 11.4 Å². The van der Waals surface area contributed by atoms with Crippen molar-refractivity contribution in [3.63, 3.8) is 0 Å². The Balaban J connectivity index is 1.86. The van der Waals surface area contributed by atoms with Gasteiger partial charge >= 0.3 is 6.03 Å². The molecule has 4 heteroatoms. The Bertz CT molecular complexity index is 667. The maximum absolute atomic E-state index is 12.2. The predicted octanol–water partition coefficient (Wildman–Crippen LogP) is 4.02. The monoisotopic (exact) mass is 328 g/mol. The van der Waals surface area contributed by atoms with Crippen LogP contribution in [-0.4, -0.2) is 12.6 Å². The summed E-state index contributed by atoms with van der Waals surface area (Å²) in [5.41, 5.74) is 2.76. The molecule has 100 valence electrons. The Labute approximate surface area is 126 Å². The molecule has 0 spiro atoms. The van der Waals surface area contributed by atoms with Gasteiger partial charge in [-0.25, -0.2) is 4.79 Å². The van der Waals surface area contributed by atoms with E-state index in [0.29, 0.717) is 6.54 Å². The lowest BCUT2D eigenvalue weighted by molar-refractivity contribution is 0.250. The normalized spacial score (nSPS) is 14.8. The van der Waals surface area contributed by atoms with Crippen LogP contribution in [0.15, 0.2) is 65.1 Å². The molecule has 0 saturated carbocycles. The van der Waals surface area contributed by atoms with Crippen molar-refractivity contribution in [2.24, 2.45) is 0 Å². The van der Waals surface area contributed by atoms with E-state index >= 15 is 0 Å². The van der Waals surface area contributed by atoms with Crippen LogP contribution in [0.5, 0.6) is 0 Å². The van der Waals surface area contributed by atoms with Gasteiger partial charge in [0.05, 0.1) is 0 Å². The largest absolute Gasteiger partial charge is 0.326 e. The molecule has 1 aliphatic heterocycles. The van der Waals surface area contributed by atoms with E-state index in [4.69, 9.17) is 0 Å². The minimum Gasteiger partial charge on any atom is -0.307 e. The van der Waals surface area contributed by atoms with E-state index in [0.717, 1.165) is 21.4 Å². The van der Waals surface area contributed by atoms with Crippen molar-refractivity contribution in [3.8, 4) is 0 Å². The zero-order chi connectivity index (χ0) is 13.9. The molecule has 0 aromatic heterocycles. The molecule has 0 atom stereocenters. The van der Waals surface area contributed by atoms with E-state index in [1.807, 2.05) is 60.7 Å². The summed E-state index contributed by atoms with van der Waals surface area (Å²) in [6, 6.07) is 17.5. The first-order valence-electron chi connectivity index (χ1n) is 6.34. The first kappa shape index (κ1) is 12.9. The SMILES string of the molecule is O=C1NC(c2ccccc2)=CCN1c1cccc(Br)c1. The second kappa shape index (κ2) is 5.51. The number of nitrogens with zero attached hydrogens (tertiary/aromatic N) is 1. The van der Waals surface area contributed by atoms with Crippen LogP contribution in [0.25, 0.3) is 5.70 Å². The van der Waals surface area contributed by atoms with Crippen LogP contribution >= 0.6 is 15.9 Å². The molecular weight excluding hydrogens is 316 g/mol. The fourth-order valence-electron chi connectivity index (χ4n) is 2.17. The van der Waals surface area contributed by atoms with Gasteiger partial charge in [0.2, 0.25) is 0 Å². The third-order valence-corrected chi connectivity index (χ3v) is 3.66. The molecule has 2 aromatic rings. The van der Waals surface area contributed by atoms with E-state index < -0.39 is 0 Å². The average molecular weight is 329 g/mol. The zero-order valence-electron chi connectivity index (χ0n) is 10.7. The summed E-state index contributed by atoms with van der Waals surface area (Å²) in [5.74, 6) is 0. The molecule has 0 bridgehead atoms. The number of rotatable bonds is 2. The van der Waals surface area contributed by atoms with Crippen molar-refractivity contribution >= 4 is 33.3 Å². The summed E-state index contributed by atoms with van der Waals surface area (Å²) in [6.07, 6.45) is 2.03. The average Bonchev–Trinajstić information content (AvgIpc) is 2.48. The van der Waals surface area contributed by atoms with E-state index in [1.165, 1.54) is 0 Å². The lowest BCUT2D eigenvalue weighted by Gasteiger charge is -2.27. The van der Waals surface area contributed by atoms with Gasteiger partial charge in [-0.3, -0.25) is 4.90 Å². The Morgan fingerprint density at radius 3 is 2.55 bits per heavy atom. The van der Waals surface area contributed by atoms with E-state index in [1.54, 1.807) is 4.90 Å². The van der Waals surface area contributed by atoms with E-state index in [-0.39, 0.29) is 6.03 Å². The van der Waals surface area contributed by atoms with Crippen LogP contribution in [0.4, 0.5) is 10.5 Å². The molecular formula is C16H13BrN2O. The molecule has 1 aliphatic rings. The molecule has 0 aliphatic carbocycles. The summed E-state index contributed by atoms with van der Waals surface area (Å²) in [5, 5.41) is 2.93. The third kappa shape index (κ3) is 2.60. The maximum Gasteiger partial charge on any atom is 0.326 e. The second-order valence-corrected chi connectivity index (χ2v) is 5.42. The molecule has 3 nitrogen and oxygen atoms in total. The number of hydrogen-bond donors (Lipinski definition) is 1. The third-order valence-electron chi connectivity index (χ3n) is 3.17. The highest BCUT2D eigenvalue weighted by molar-refractivity contribution is 9.10. The smallest absolute Gasteiger partial charge is 0.307 e. The summed E-state index contributed by atoms with van der Waals surface area (Å²) >= 11 is 3.42. The molecule has 1 heterocycles. The highest BCUT2D eigenvalue weighted by Crippen LogP contribution is 2.23. The Morgan fingerprint density at radius 1 is 1.05 bits per heavy atom. The summed E-state index contributed by atoms with van der Waals surface area (Å²) in [6.45, 7) is 0.562. The van der Waals surface area contributed by atoms with Crippen molar-refractivity contribution in [3.05, 3.63) is 70.7 Å². The number of amides is 2. The number of carbonyl (C=O) groups is 1. The molecule has 0 saturated heterocycles. The first-order chi connectivity index (χ1) is 9.74. The van der Waals surface area contributed by atoms with E-state index in [2.05, 4.69) is 21.2 Å². The highest BCUT2D eigenvalue weighted by atomic mass is 79.9. The number of hydrogen-bond acceptors (Lipinski definition) is 1. The Morgan fingerprint density at radius 2 is 1.85 bits per heavy atom. The van der Waals surface area contributed by atoms with Gasteiger partial charge < -0.3 is 5.32 Å². The molecule has 2 amide bonds. The van der Waals surface area contributed by atoms with E-state index in [9.17, 15) is 4.79 Å². The second-order valence-electron chi connectivity index (χ2n) is 4.50. The molecule has 0 radical (unpaired) electrons. The predicted molar refractivity (Wildman–Crippen MR) is 84.4 cm³/mol. The van der Waals surface area contributed by atoms with Crippen molar-refractivity contribution < 1.29 is 4.79 Å². The molecule has 0 fully saturated rings. The molecule has 2 aromatic carbocycles. The summed E-state index contributed by atoms with van der Waals surface area (Å²) < 4.78 is 0.959. The van der Waals surface area contributed by atoms with Gasteiger partial charge in [-0.1, -0.05) is 52.3 Å². The lowest BCUT2D eigenvalue weighted by Crippen LogP contribution is -2.43. The van der Waals surface area contributed by atoms with Crippen molar-refractivity contribution in [1.82, 2.24) is 5.32 Å². The van der Waals surface area contributed by atoms with Crippen LogP contribution in [0.3, 0.4) is 0 Å². The van der Waals surface area contributed by atoms with Gasteiger partial charge in [0.25, 0.3) is 0 Å². The van der Waals surface area contributed by atoms with Crippen LogP contribution in [-0.2, 0) is 0 Å². The zero-order valence-corrected chi connectivity index (χ0v) is 12.3. The standard InChI is InChI=1S/C16H13BrN2O/c17-13-7-4-8-14(11-13)19-10-9-15(18-16(19)20)12-5-2-1-3-6-12/h1-9,11H,10H2,(H,18,20). The maximum atomic E-state index is 12.2. The number of urea groups is 1. The number of nitrogens with one attached hydrogen (secondary N) is 1. The quantitative estimate of drug-likeness (QED) is 0.887. The first-order valence-corrected chi connectivity index (χ1v) is 7.13. The highest BCUT2D eigenvalue weighted by Gasteiger charge is 2.21. The van der Waals surface area contributed by atoms with Crippen molar-refractivity contribution in [2.45, 2.75) is 0 Å². The topological polar surface area (TPSA) is 32.3 Å². The van der Waals surface area contributed by atoms with Crippen LogP contribution < -0.4 is 10.2 Å². The molecule has 0 unspecified atom stereocenters. The van der Waals surface area contributed by atoms with Crippen LogP contribution in [0.2, 0.25) is 0 Å². The van der Waals surface area contributed by atoms with Gasteiger partial charge in [0.1, 0.15) is 0 Å². The summed E-state index contributed by atoms with van der Waals surface area (Å²) in [4.78, 5) is 14.0. The number of anilines is 1. The van der Waals surface area contributed by atoms with Gasteiger partial charge in [-0.05, 0) is 29.8 Å². The van der Waals surface area contributed by atoms with Gasteiger partial charge in [-0.2, -0.15) is 0 Å². The fourth-order valence-corrected chi connectivity index (χ4v) is 2.56. The van der Waals surface area contributed by atoms with Gasteiger partial charge in [-0.15, -0.1) is 0 Å². The number of halogens is 1. The molecule has 20 heavy (non-hydrogen) atoms. The minimum atomic E-state index is -0.107. The minimum absolute atomic E-state index is 0.107. The van der Waals surface area contributed by atoms with Crippen LogP contribution in [0.1, 0.15) is 5.56 Å². The summed E-state index contributed by atoms with van der Waals surface area (Å²) in [7, 11) is 0. The fraction of sp³-hybridized carbons (Fsp3) is 0.0625.